The summed E-state index contributed by atoms with van der Waals surface area (Å²) in [7, 11) is 0. The molecule has 8 nitrogen and oxygen atoms in total. The number of fused-ring (bicyclic) bond motifs is 4. The number of ether oxygens (including phenoxy) is 2. The number of benzene rings is 2. The van der Waals surface area contributed by atoms with Crippen LogP contribution in [-0.4, -0.2) is 76.7 Å². The topological polar surface area (TPSA) is 76.9 Å². The normalized spacial score (nSPS) is 21.8. The quantitative estimate of drug-likeness (QED) is 0.421. The summed E-state index contributed by atoms with van der Waals surface area (Å²) in [6, 6.07) is 13.7. The van der Waals surface area contributed by atoms with Crippen molar-refractivity contribution in [2.24, 2.45) is 5.41 Å². The van der Waals surface area contributed by atoms with Gasteiger partial charge in [-0.2, -0.15) is 0 Å². The Hall–Kier alpha value is -3.39. The van der Waals surface area contributed by atoms with Crippen LogP contribution in [-0.2, 0) is 11.3 Å². The highest BCUT2D eigenvalue weighted by molar-refractivity contribution is 5.97. The summed E-state index contributed by atoms with van der Waals surface area (Å²) in [5.74, 6) is 0.879. The fourth-order valence-corrected chi connectivity index (χ4v) is 6.77. The summed E-state index contributed by atoms with van der Waals surface area (Å²) in [5, 5.41) is 0. The number of rotatable bonds is 3. The molecule has 2 fully saturated rings. The molecule has 0 aliphatic carbocycles. The smallest absolute Gasteiger partial charge is 0.254 e. The first-order chi connectivity index (χ1) is 20.0. The van der Waals surface area contributed by atoms with Gasteiger partial charge in [0.15, 0.2) is 0 Å². The second-order valence-electron chi connectivity index (χ2n) is 12.1. The van der Waals surface area contributed by atoms with E-state index in [0.717, 1.165) is 81.2 Å². The van der Waals surface area contributed by atoms with Crippen LogP contribution in [0.4, 0.5) is 0 Å². The van der Waals surface area contributed by atoms with Crippen LogP contribution in [0, 0.1) is 5.41 Å². The second kappa shape index (κ2) is 12.2. The maximum atomic E-state index is 13.5. The van der Waals surface area contributed by atoms with Crippen molar-refractivity contribution in [3.63, 3.8) is 0 Å². The lowest BCUT2D eigenvalue weighted by molar-refractivity contribution is 0.0332. The zero-order valence-electron chi connectivity index (χ0n) is 24.2. The number of likely N-dealkylation sites (tertiary alicyclic amines) is 1. The number of amides is 2. The van der Waals surface area contributed by atoms with Gasteiger partial charge < -0.3 is 23.8 Å². The Kier molecular flexibility index (Phi) is 8.28. The molecule has 3 aliphatic heterocycles. The molecule has 4 heterocycles. The number of aromatic nitrogens is 2. The lowest BCUT2D eigenvalue weighted by Crippen LogP contribution is -2.45. The van der Waals surface area contributed by atoms with E-state index in [9.17, 15) is 9.59 Å². The summed E-state index contributed by atoms with van der Waals surface area (Å²) in [6.07, 6.45) is 9.79. The van der Waals surface area contributed by atoms with Crippen molar-refractivity contribution in [1.82, 2.24) is 19.4 Å². The highest BCUT2D eigenvalue weighted by Crippen LogP contribution is 2.38. The average Bonchev–Trinajstić information content (AvgIpc) is 3.64. The minimum atomic E-state index is -0.0140. The Labute approximate surface area is 242 Å². The zero-order chi connectivity index (χ0) is 28.2. The second-order valence-corrected chi connectivity index (χ2v) is 12.1. The van der Waals surface area contributed by atoms with Crippen LogP contribution >= 0.6 is 0 Å². The van der Waals surface area contributed by atoms with Crippen molar-refractivity contribution >= 4 is 22.8 Å². The molecule has 2 saturated heterocycles. The van der Waals surface area contributed by atoms with Gasteiger partial charge in [-0.05, 0) is 81.3 Å². The van der Waals surface area contributed by atoms with Crippen LogP contribution in [0.1, 0.15) is 79.0 Å². The monoisotopic (exact) mass is 558 g/mol. The fraction of sp³-hybridized carbons (Fsp3) is 0.545. The molecule has 218 valence electrons. The number of hydrogen-bond acceptors (Lipinski definition) is 5. The molecule has 1 spiro atoms. The van der Waals surface area contributed by atoms with Crippen molar-refractivity contribution in [3.05, 3.63) is 59.9 Å². The summed E-state index contributed by atoms with van der Waals surface area (Å²) in [5.41, 5.74) is 3.31. The Morgan fingerprint density at radius 1 is 1.05 bits per heavy atom. The van der Waals surface area contributed by atoms with Gasteiger partial charge in [-0.3, -0.25) is 9.59 Å². The number of imidazole rings is 1. The Morgan fingerprint density at radius 3 is 2.78 bits per heavy atom. The number of carbonyl (C=O) groups is 2. The van der Waals surface area contributed by atoms with Crippen LogP contribution in [0.3, 0.4) is 0 Å². The lowest BCUT2D eigenvalue weighted by atomic mass is 9.75. The number of carbonyl (C=O) groups excluding carboxylic acids is 2. The summed E-state index contributed by atoms with van der Waals surface area (Å²) in [4.78, 5) is 35.3. The van der Waals surface area contributed by atoms with E-state index in [1.807, 2.05) is 58.6 Å². The van der Waals surface area contributed by atoms with Gasteiger partial charge in [0.25, 0.3) is 11.8 Å². The number of nitrogens with zero attached hydrogens (tertiary/aromatic N) is 4. The lowest BCUT2D eigenvalue weighted by Gasteiger charge is -2.42. The molecule has 2 amide bonds. The van der Waals surface area contributed by atoms with E-state index in [1.54, 1.807) is 0 Å². The van der Waals surface area contributed by atoms with E-state index < -0.39 is 0 Å². The number of piperidine rings is 1. The molecule has 2 aromatic carbocycles. The largest absolute Gasteiger partial charge is 0.493 e. The third kappa shape index (κ3) is 5.98. The summed E-state index contributed by atoms with van der Waals surface area (Å²) in [6.45, 7) is 7.17. The highest BCUT2D eigenvalue weighted by Gasteiger charge is 2.37. The molecule has 0 unspecified atom stereocenters. The van der Waals surface area contributed by atoms with Crippen molar-refractivity contribution in [2.75, 3.05) is 39.5 Å². The van der Waals surface area contributed by atoms with E-state index in [0.29, 0.717) is 44.0 Å². The molecule has 1 atom stereocenters. The number of aryl methyl sites for hydroxylation is 1. The van der Waals surface area contributed by atoms with Gasteiger partial charge in [0.2, 0.25) is 0 Å². The standard InChI is InChI=1S/C33H42N4O4/c1-2-15-36-24-34-29-21-26(10-11-30(29)36)31(38)35-17-13-33(14-18-35)12-3-4-19-40-22-27-8-6-16-37(27)32(39)25-7-5-9-28(20-25)41-23-33/h5,7,9-11,20-21,24,27H,2-4,6,8,12-19,22-23H2,1H3/t27-/m0/s1. The van der Waals surface area contributed by atoms with Gasteiger partial charge in [-0.25, -0.2) is 4.98 Å². The minimum absolute atomic E-state index is 0.0140. The molecule has 8 heteroatoms. The first-order valence-corrected chi connectivity index (χ1v) is 15.4. The van der Waals surface area contributed by atoms with E-state index in [2.05, 4.69) is 16.5 Å². The van der Waals surface area contributed by atoms with Gasteiger partial charge in [-0.1, -0.05) is 19.4 Å². The third-order valence-corrected chi connectivity index (χ3v) is 9.26. The predicted molar refractivity (Wildman–Crippen MR) is 158 cm³/mol. The molecular weight excluding hydrogens is 516 g/mol. The van der Waals surface area contributed by atoms with Crippen LogP contribution < -0.4 is 4.74 Å². The predicted octanol–water partition coefficient (Wildman–Crippen LogP) is 5.55. The molecule has 1 aromatic heterocycles. The van der Waals surface area contributed by atoms with Crippen molar-refractivity contribution in [2.45, 2.75) is 70.9 Å². The maximum absolute atomic E-state index is 13.5. The SMILES string of the molecule is CCCn1cnc2cc(C(=O)N3CCC4(CCCCOC[C@@H]5CCCN5C(=O)c5cccc(c5)OC4)CC3)ccc21. The highest BCUT2D eigenvalue weighted by atomic mass is 16.5. The first-order valence-electron chi connectivity index (χ1n) is 15.4. The Balaban J connectivity index is 1.14. The van der Waals surface area contributed by atoms with Crippen LogP contribution in [0.25, 0.3) is 11.0 Å². The van der Waals surface area contributed by atoms with Gasteiger partial charge in [0.05, 0.1) is 36.6 Å². The first kappa shape index (κ1) is 27.8. The molecule has 0 N–H and O–H groups in total. The van der Waals surface area contributed by atoms with E-state index in [-0.39, 0.29) is 23.3 Å². The fourth-order valence-electron chi connectivity index (χ4n) is 6.77. The van der Waals surface area contributed by atoms with Gasteiger partial charge in [0.1, 0.15) is 5.75 Å². The Bertz CT molecular complexity index is 1380. The Morgan fingerprint density at radius 2 is 1.93 bits per heavy atom. The van der Waals surface area contributed by atoms with Crippen LogP contribution in [0.5, 0.6) is 5.75 Å². The van der Waals surface area contributed by atoms with Gasteiger partial charge >= 0.3 is 0 Å². The summed E-state index contributed by atoms with van der Waals surface area (Å²) >= 11 is 0. The van der Waals surface area contributed by atoms with E-state index in [4.69, 9.17) is 9.47 Å². The molecular formula is C33H42N4O4. The average molecular weight is 559 g/mol. The van der Waals surface area contributed by atoms with Gasteiger partial charge in [0, 0.05) is 49.3 Å². The summed E-state index contributed by atoms with van der Waals surface area (Å²) < 4.78 is 14.6. The maximum Gasteiger partial charge on any atom is 0.254 e. The molecule has 3 aromatic rings. The number of hydrogen-bond donors (Lipinski definition) is 0. The van der Waals surface area contributed by atoms with Crippen molar-refractivity contribution in [1.29, 1.82) is 0 Å². The zero-order valence-corrected chi connectivity index (χ0v) is 24.2. The van der Waals surface area contributed by atoms with Crippen molar-refractivity contribution < 1.29 is 19.1 Å². The van der Waals surface area contributed by atoms with Gasteiger partial charge in [-0.15, -0.1) is 0 Å². The minimum Gasteiger partial charge on any atom is -0.493 e. The third-order valence-electron chi connectivity index (χ3n) is 9.26. The molecule has 0 radical (unpaired) electrons. The molecule has 41 heavy (non-hydrogen) atoms. The van der Waals surface area contributed by atoms with Crippen molar-refractivity contribution in [3.8, 4) is 5.75 Å². The molecule has 6 rings (SSSR count). The molecule has 3 aliphatic rings. The van der Waals surface area contributed by atoms with E-state index in [1.165, 1.54) is 0 Å². The van der Waals surface area contributed by atoms with Crippen LogP contribution in [0.15, 0.2) is 48.8 Å². The molecule has 0 saturated carbocycles. The van der Waals surface area contributed by atoms with E-state index >= 15 is 0 Å². The van der Waals surface area contributed by atoms with Crippen LogP contribution in [0.2, 0.25) is 0 Å². The molecule has 2 bridgehead atoms.